The van der Waals surface area contributed by atoms with E-state index in [-0.39, 0.29) is 13.2 Å². The average molecular weight is 272 g/mol. The topological polar surface area (TPSA) is 55.8 Å². The SMILES string of the molecule is C=C(C)C(=O)OCC(O)COCC(CC)CCCC. The number of aliphatic hydroxyl groups excluding tert-OH is 1. The molecule has 112 valence electrons. The van der Waals surface area contributed by atoms with Crippen LogP contribution in [0.2, 0.25) is 0 Å². The molecule has 2 atom stereocenters. The summed E-state index contributed by atoms with van der Waals surface area (Å²) in [6.45, 7) is 10.2. The Morgan fingerprint density at radius 2 is 1.95 bits per heavy atom. The zero-order valence-corrected chi connectivity index (χ0v) is 12.5. The molecule has 0 fully saturated rings. The third-order valence-corrected chi connectivity index (χ3v) is 2.96. The number of aliphatic hydroxyl groups is 1. The molecule has 0 bridgehead atoms. The number of carbonyl (C=O) groups is 1. The van der Waals surface area contributed by atoms with Gasteiger partial charge in [-0.05, 0) is 19.3 Å². The second-order valence-corrected chi connectivity index (χ2v) is 4.99. The van der Waals surface area contributed by atoms with Crippen LogP contribution in [0.15, 0.2) is 12.2 Å². The molecule has 0 aromatic heterocycles. The van der Waals surface area contributed by atoms with Gasteiger partial charge in [0.05, 0.1) is 6.61 Å². The largest absolute Gasteiger partial charge is 0.460 e. The molecule has 0 aliphatic rings. The highest BCUT2D eigenvalue weighted by Gasteiger charge is 2.11. The van der Waals surface area contributed by atoms with Crippen LogP contribution in [-0.4, -0.2) is 37.0 Å². The number of hydrogen-bond donors (Lipinski definition) is 1. The van der Waals surface area contributed by atoms with E-state index in [9.17, 15) is 9.90 Å². The summed E-state index contributed by atoms with van der Waals surface area (Å²) in [6.07, 6.45) is 3.87. The number of unbranched alkanes of at least 4 members (excludes halogenated alkanes) is 1. The molecule has 0 amide bonds. The molecule has 0 spiro atoms. The van der Waals surface area contributed by atoms with Gasteiger partial charge < -0.3 is 14.6 Å². The van der Waals surface area contributed by atoms with Crippen molar-refractivity contribution in [1.29, 1.82) is 0 Å². The van der Waals surface area contributed by atoms with Crippen molar-refractivity contribution in [3.63, 3.8) is 0 Å². The van der Waals surface area contributed by atoms with E-state index < -0.39 is 12.1 Å². The highest BCUT2D eigenvalue weighted by molar-refractivity contribution is 5.86. The molecule has 0 saturated carbocycles. The van der Waals surface area contributed by atoms with Gasteiger partial charge in [0.15, 0.2) is 0 Å². The maximum Gasteiger partial charge on any atom is 0.333 e. The highest BCUT2D eigenvalue weighted by Crippen LogP contribution is 2.12. The van der Waals surface area contributed by atoms with E-state index in [2.05, 4.69) is 20.4 Å². The summed E-state index contributed by atoms with van der Waals surface area (Å²) < 4.78 is 10.3. The maximum atomic E-state index is 11.1. The fraction of sp³-hybridized carbons (Fsp3) is 0.800. The molecule has 0 radical (unpaired) electrons. The number of hydrogen-bond acceptors (Lipinski definition) is 4. The van der Waals surface area contributed by atoms with E-state index in [1.807, 2.05) is 0 Å². The molecule has 0 rings (SSSR count). The summed E-state index contributed by atoms with van der Waals surface area (Å²) in [7, 11) is 0. The molecule has 4 nitrogen and oxygen atoms in total. The number of rotatable bonds is 11. The number of ether oxygens (including phenoxy) is 2. The predicted octanol–water partition coefficient (Wildman–Crippen LogP) is 2.70. The van der Waals surface area contributed by atoms with Crippen LogP contribution in [0.1, 0.15) is 46.5 Å². The molecule has 4 heteroatoms. The van der Waals surface area contributed by atoms with Crippen molar-refractivity contribution in [2.24, 2.45) is 5.92 Å². The third kappa shape index (κ3) is 9.68. The molecule has 0 saturated heterocycles. The van der Waals surface area contributed by atoms with Crippen molar-refractivity contribution >= 4 is 5.97 Å². The number of esters is 1. The lowest BCUT2D eigenvalue weighted by Crippen LogP contribution is -2.25. The van der Waals surface area contributed by atoms with Crippen molar-refractivity contribution in [3.05, 3.63) is 12.2 Å². The van der Waals surface area contributed by atoms with Crippen molar-refractivity contribution in [3.8, 4) is 0 Å². The summed E-state index contributed by atoms with van der Waals surface area (Å²) >= 11 is 0. The lowest BCUT2D eigenvalue weighted by Gasteiger charge is -2.16. The summed E-state index contributed by atoms with van der Waals surface area (Å²) in [5.41, 5.74) is 0.332. The van der Waals surface area contributed by atoms with E-state index in [1.165, 1.54) is 12.8 Å². The molecule has 0 aliphatic carbocycles. The van der Waals surface area contributed by atoms with Crippen LogP contribution in [-0.2, 0) is 14.3 Å². The second-order valence-electron chi connectivity index (χ2n) is 4.99. The van der Waals surface area contributed by atoms with Crippen molar-refractivity contribution in [2.75, 3.05) is 19.8 Å². The molecular formula is C15H28O4. The Kier molecular flexibility index (Phi) is 10.5. The van der Waals surface area contributed by atoms with Crippen LogP contribution in [0.3, 0.4) is 0 Å². The maximum absolute atomic E-state index is 11.1. The minimum Gasteiger partial charge on any atom is -0.460 e. The monoisotopic (exact) mass is 272 g/mol. The Bertz CT molecular complexity index is 263. The molecule has 0 heterocycles. The van der Waals surface area contributed by atoms with Gasteiger partial charge in [-0.3, -0.25) is 0 Å². The van der Waals surface area contributed by atoms with E-state index in [4.69, 9.17) is 9.47 Å². The van der Waals surface area contributed by atoms with Gasteiger partial charge in [0, 0.05) is 12.2 Å². The zero-order chi connectivity index (χ0) is 14.7. The number of carbonyl (C=O) groups excluding carboxylic acids is 1. The summed E-state index contributed by atoms with van der Waals surface area (Å²) in [5, 5.41) is 9.61. The van der Waals surface area contributed by atoms with Gasteiger partial charge in [-0.1, -0.05) is 39.7 Å². The lowest BCUT2D eigenvalue weighted by molar-refractivity contribution is -0.143. The molecule has 0 aliphatic heterocycles. The summed E-state index contributed by atoms with van der Waals surface area (Å²) in [6, 6.07) is 0. The standard InChI is InChI=1S/C15H28O4/c1-5-7-8-13(6-2)9-18-10-14(16)11-19-15(17)12(3)4/h13-14,16H,3,5-11H2,1-2,4H3. The van der Waals surface area contributed by atoms with Gasteiger partial charge in [-0.2, -0.15) is 0 Å². The van der Waals surface area contributed by atoms with Crippen LogP contribution >= 0.6 is 0 Å². The fourth-order valence-corrected chi connectivity index (χ4v) is 1.61. The van der Waals surface area contributed by atoms with Gasteiger partial charge in [0.1, 0.15) is 12.7 Å². The van der Waals surface area contributed by atoms with Crippen LogP contribution in [0, 0.1) is 5.92 Å². The van der Waals surface area contributed by atoms with E-state index in [0.29, 0.717) is 18.1 Å². The first kappa shape index (κ1) is 18.1. The van der Waals surface area contributed by atoms with Gasteiger partial charge >= 0.3 is 5.97 Å². The van der Waals surface area contributed by atoms with Crippen molar-refractivity contribution < 1.29 is 19.4 Å². The van der Waals surface area contributed by atoms with Crippen molar-refractivity contribution in [1.82, 2.24) is 0 Å². The first-order valence-corrected chi connectivity index (χ1v) is 7.09. The van der Waals surface area contributed by atoms with Crippen LogP contribution in [0.25, 0.3) is 0 Å². The summed E-state index contributed by atoms with van der Waals surface area (Å²) in [5.74, 6) is 0.0681. The van der Waals surface area contributed by atoms with Gasteiger partial charge in [-0.15, -0.1) is 0 Å². The highest BCUT2D eigenvalue weighted by atomic mass is 16.5. The molecule has 19 heavy (non-hydrogen) atoms. The van der Waals surface area contributed by atoms with Crippen LogP contribution in [0.4, 0.5) is 0 Å². The molecular weight excluding hydrogens is 244 g/mol. The Morgan fingerprint density at radius 1 is 1.26 bits per heavy atom. The zero-order valence-electron chi connectivity index (χ0n) is 12.5. The molecule has 2 unspecified atom stereocenters. The fourth-order valence-electron chi connectivity index (χ4n) is 1.61. The lowest BCUT2D eigenvalue weighted by atomic mass is 10.0. The van der Waals surface area contributed by atoms with Crippen LogP contribution in [0.5, 0.6) is 0 Å². The average Bonchev–Trinajstić information content (AvgIpc) is 2.39. The Labute approximate surface area is 116 Å². The second kappa shape index (κ2) is 11.0. The Balaban J connectivity index is 3.69. The minimum absolute atomic E-state index is 0.0442. The smallest absolute Gasteiger partial charge is 0.333 e. The van der Waals surface area contributed by atoms with Crippen LogP contribution < -0.4 is 0 Å². The third-order valence-electron chi connectivity index (χ3n) is 2.96. The van der Waals surface area contributed by atoms with Gasteiger partial charge in [0.2, 0.25) is 0 Å². The van der Waals surface area contributed by atoms with E-state index in [0.717, 1.165) is 12.8 Å². The quantitative estimate of drug-likeness (QED) is 0.464. The van der Waals surface area contributed by atoms with E-state index in [1.54, 1.807) is 6.92 Å². The van der Waals surface area contributed by atoms with Gasteiger partial charge in [0.25, 0.3) is 0 Å². The normalized spacial score (nSPS) is 13.9. The predicted molar refractivity (Wildman–Crippen MR) is 75.9 cm³/mol. The van der Waals surface area contributed by atoms with Crippen molar-refractivity contribution in [2.45, 2.75) is 52.6 Å². The van der Waals surface area contributed by atoms with Gasteiger partial charge in [-0.25, -0.2) is 4.79 Å². The first-order chi connectivity index (χ1) is 9.01. The first-order valence-electron chi connectivity index (χ1n) is 7.09. The molecule has 1 N–H and O–H groups in total. The Hall–Kier alpha value is -0.870. The van der Waals surface area contributed by atoms with E-state index >= 15 is 0 Å². The minimum atomic E-state index is -0.771. The Morgan fingerprint density at radius 3 is 2.47 bits per heavy atom. The molecule has 0 aromatic carbocycles. The summed E-state index contributed by atoms with van der Waals surface area (Å²) in [4.78, 5) is 11.1. The molecule has 0 aromatic rings.